The molecule has 0 bridgehead atoms. The Kier molecular flexibility index (Phi) is 21.8. The molecule has 288 valence electrons. The highest BCUT2D eigenvalue weighted by atomic mass is 16.7. The van der Waals surface area contributed by atoms with Crippen LogP contribution in [0.1, 0.15) is 20.3 Å². The van der Waals surface area contributed by atoms with Crippen LogP contribution in [-0.2, 0) is 47.5 Å². The van der Waals surface area contributed by atoms with Gasteiger partial charge in [-0.3, -0.25) is 9.59 Å². The number of nitrogens with one attached hydrogen (secondary N) is 2. The summed E-state index contributed by atoms with van der Waals surface area (Å²) in [5.74, 6) is -0.779. The maximum Gasteiger partial charge on any atom is 0.217 e. The average Bonchev–Trinajstić information content (AvgIpc) is 3.16. The maximum atomic E-state index is 11.6. The van der Waals surface area contributed by atoms with Crippen LogP contribution in [0.25, 0.3) is 0 Å². The van der Waals surface area contributed by atoms with E-state index in [2.05, 4.69) is 15.5 Å². The third kappa shape index (κ3) is 16.5. The summed E-state index contributed by atoms with van der Waals surface area (Å²) in [6.07, 6.45) is -9.43. The molecule has 19 heteroatoms. The summed E-state index contributed by atoms with van der Waals surface area (Å²) in [5.41, 5.74) is 0. The van der Waals surface area contributed by atoms with Crippen LogP contribution in [0.2, 0.25) is 0 Å². The zero-order valence-electron chi connectivity index (χ0n) is 28.6. The van der Waals surface area contributed by atoms with Gasteiger partial charge in [-0.1, -0.05) is 0 Å². The van der Waals surface area contributed by atoms with Gasteiger partial charge >= 0.3 is 0 Å². The molecule has 2 rings (SSSR count). The molecule has 10 atom stereocenters. The van der Waals surface area contributed by atoms with Crippen LogP contribution in [0.5, 0.6) is 0 Å². The summed E-state index contributed by atoms with van der Waals surface area (Å²) < 4.78 is 44.6. The summed E-state index contributed by atoms with van der Waals surface area (Å²) in [6, 6.07) is -1.72. The molecule has 0 saturated carbocycles. The van der Waals surface area contributed by atoms with Crippen LogP contribution in [0.3, 0.4) is 0 Å². The largest absolute Gasteiger partial charge is 0.394 e. The van der Waals surface area contributed by atoms with Gasteiger partial charge in [0.05, 0.1) is 91.4 Å². The number of likely N-dealkylation sites (N-methyl/N-ethyl adjacent to an activating group) is 1. The standard InChI is InChI=1S/C30H57N3O16/c1-19(36)31-21-16-22(38)26(39)23(17-34)48-29(21)46-14-12-44-10-8-42-6-4-33(3)5-7-43-9-11-45-13-15-47-30-25(32-20(2)37)28(41)27(40)24(18-35)49-30/h21-30,34-35,38-41H,4-18H2,1-3H3,(H,31,36)(H,32,37)/t21?,22?,23?,24?,25?,26-,27+,28?,29-,30-/m1/s1. The average molecular weight is 716 g/mol. The number of amides is 2. The van der Waals surface area contributed by atoms with Gasteiger partial charge in [0.2, 0.25) is 11.8 Å². The summed E-state index contributed by atoms with van der Waals surface area (Å²) >= 11 is 0. The molecular formula is C30H57N3O16. The van der Waals surface area contributed by atoms with Crippen molar-refractivity contribution >= 4 is 11.8 Å². The van der Waals surface area contributed by atoms with Crippen LogP contribution < -0.4 is 10.6 Å². The lowest BCUT2D eigenvalue weighted by atomic mass is 9.97. The van der Waals surface area contributed by atoms with Crippen LogP contribution in [-0.4, -0.2) is 208 Å². The molecule has 0 aromatic rings. The quantitative estimate of drug-likeness (QED) is 0.0437. The molecule has 2 aliphatic rings. The molecule has 2 heterocycles. The number of carbonyl (C=O) groups is 2. The van der Waals surface area contributed by atoms with Crippen molar-refractivity contribution in [2.24, 2.45) is 0 Å². The lowest BCUT2D eigenvalue weighted by molar-refractivity contribution is -0.272. The normalized spacial score (nSPS) is 30.7. The fraction of sp³-hybridized carbons (Fsp3) is 0.933. The summed E-state index contributed by atoms with van der Waals surface area (Å²) in [4.78, 5) is 25.1. The van der Waals surface area contributed by atoms with Gasteiger partial charge in [-0.05, 0) is 7.05 Å². The van der Waals surface area contributed by atoms with Crippen molar-refractivity contribution < 1.29 is 78.1 Å². The predicted octanol–water partition coefficient (Wildman–Crippen LogP) is -4.70. The number of carbonyl (C=O) groups excluding carboxylic acids is 2. The molecule has 2 amide bonds. The Morgan fingerprint density at radius 1 is 0.653 bits per heavy atom. The van der Waals surface area contributed by atoms with Gasteiger partial charge in [-0.2, -0.15) is 0 Å². The second kappa shape index (κ2) is 24.5. The molecule has 0 spiro atoms. The summed E-state index contributed by atoms with van der Waals surface area (Å²) in [6.45, 7) is 5.88. The number of rotatable bonds is 24. The van der Waals surface area contributed by atoms with Gasteiger partial charge in [-0.15, -0.1) is 0 Å². The minimum absolute atomic E-state index is 0.00197. The summed E-state index contributed by atoms with van der Waals surface area (Å²) in [7, 11) is 1.94. The first-order valence-electron chi connectivity index (χ1n) is 16.5. The molecule has 2 fully saturated rings. The van der Waals surface area contributed by atoms with E-state index in [0.29, 0.717) is 52.7 Å². The Morgan fingerprint density at radius 2 is 1.10 bits per heavy atom. The highest BCUT2D eigenvalue weighted by Crippen LogP contribution is 2.23. The van der Waals surface area contributed by atoms with E-state index < -0.39 is 80.4 Å². The molecule has 6 unspecified atom stereocenters. The van der Waals surface area contributed by atoms with Crippen molar-refractivity contribution in [1.29, 1.82) is 0 Å². The van der Waals surface area contributed by atoms with Crippen molar-refractivity contribution in [3.63, 3.8) is 0 Å². The second-order valence-electron chi connectivity index (χ2n) is 11.8. The van der Waals surface area contributed by atoms with Crippen LogP contribution in [0, 0.1) is 0 Å². The van der Waals surface area contributed by atoms with E-state index in [-0.39, 0.29) is 38.8 Å². The van der Waals surface area contributed by atoms with Crippen LogP contribution in [0.15, 0.2) is 0 Å². The van der Waals surface area contributed by atoms with Gasteiger partial charge in [0.15, 0.2) is 12.6 Å². The Morgan fingerprint density at radius 3 is 1.61 bits per heavy atom. The van der Waals surface area contributed by atoms with Crippen LogP contribution >= 0.6 is 0 Å². The number of aliphatic hydroxyl groups is 6. The van der Waals surface area contributed by atoms with E-state index in [1.807, 2.05) is 7.05 Å². The minimum atomic E-state index is -1.38. The molecule has 0 aromatic heterocycles. The highest BCUT2D eigenvalue weighted by molar-refractivity contribution is 5.73. The van der Waals surface area contributed by atoms with Crippen LogP contribution in [0.4, 0.5) is 0 Å². The first-order chi connectivity index (χ1) is 23.5. The minimum Gasteiger partial charge on any atom is -0.394 e. The van der Waals surface area contributed by atoms with Crippen molar-refractivity contribution in [1.82, 2.24) is 15.5 Å². The van der Waals surface area contributed by atoms with E-state index >= 15 is 0 Å². The number of ether oxygens (including phenoxy) is 8. The molecule has 49 heavy (non-hydrogen) atoms. The predicted molar refractivity (Wildman–Crippen MR) is 168 cm³/mol. The van der Waals surface area contributed by atoms with Crippen molar-refractivity contribution in [2.45, 2.75) is 81.6 Å². The third-order valence-corrected chi connectivity index (χ3v) is 7.73. The van der Waals surface area contributed by atoms with E-state index in [4.69, 9.17) is 37.9 Å². The number of nitrogens with zero attached hydrogens (tertiary/aromatic N) is 1. The zero-order valence-corrected chi connectivity index (χ0v) is 28.6. The molecule has 19 nitrogen and oxygen atoms in total. The van der Waals surface area contributed by atoms with Gasteiger partial charge < -0.3 is 84.1 Å². The zero-order chi connectivity index (χ0) is 36.2. The highest BCUT2D eigenvalue weighted by Gasteiger charge is 2.45. The Balaban J connectivity index is 1.46. The Hall–Kier alpha value is -1.66. The maximum absolute atomic E-state index is 11.6. The topological polar surface area (TPSA) is 257 Å². The van der Waals surface area contributed by atoms with E-state index in [1.165, 1.54) is 13.8 Å². The number of hydrogen-bond acceptors (Lipinski definition) is 17. The van der Waals surface area contributed by atoms with Gasteiger partial charge in [0.25, 0.3) is 0 Å². The van der Waals surface area contributed by atoms with Gasteiger partial charge in [-0.25, -0.2) is 0 Å². The number of hydrogen-bond donors (Lipinski definition) is 8. The molecular weight excluding hydrogens is 658 g/mol. The fourth-order valence-corrected chi connectivity index (χ4v) is 5.06. The SMILES string of the molecule is CC(=O)NC1CC(O)[C@@H](O)C(CO)O[C@H]1OCCOCCOCCN(C)CCOCCOCCO[C@@H]1OC(CO)[C@H](O)C(O)C1NC(C)=O. The van der Waals surface area contributed by atoms with E-state index in [1.54, 1.807) is 0 Å². The molecule has 0 aliphatic carbocycles. The van der Waals surface area contributed by atoms with Crippen molar-refractivity contribution in [2.75, 3.05) is 99.4 Å². The third-order valence-electron chi connectivity index (χ3n) is 7.73. The van der Waals surface area contributed by atoms with Crippen molar-refractivity contribution in [3.05, 3.63) is 0 Å². The Labute approximate surface area is 286 Å². The number of aliphatic hydroxyl groups excluding tert-OH is 6. The first kappa shape index (κ1) is 43.5. The molecule has 8 N–H and O–H groups in total. The van der Waals surface area contributed by atoms with Crippen molar-refractivity contribution in [3.8, 4) is 0 Å². The van der Waals surface area contributed by atoms with E-state index in [9.17, 15) is 40.2 Å². The van der Waals surface area contributed by atoms with Gasteiger partial charge in [0, 0.05) is 33.4 Å². The molecule has 0 aromatic carbocycles. The lowest BCUT2D eigenvalue weighted by Crippen LogP contribution is -2.64. The molecule has 0 radical (unpaired) electrons. The van der Waals surface area contributed by atoms with Gasteiger partial charge in [0.1, 0.15) is 36.6 Å². The second-order valence-corrected chi connectivity index (χ2v) is 11.8. The monoisotopic (exact) mass is 715 g/mol. The molecule has 2 saturated heterocycles. The molecule has 2 aliphatic heterocycles. The smallest absolute Gasteiger partial charge is 0.217 e. The fourth-order valence-electron chi connectivity index (χ4n) is 5.06. The summed E-state index contributed by atoms with van der Waals surface area (Å²) in [5, 5.41) is 64.6. The lowest BCUT2D eigenvalue weighted by Gasteiger charge is -2.42. The first-order valence-corrected chi connectivity index (χ1v) is 16.5. The van der Waals surface area contributed by atoms with E-state index in [0.717, 1.165) is 0 Å². The Bertz CT molecular complexity index is 909.